The molecule has 0 atom stereocenters. The van der Waals surface area contributed by atoms with Crippen LogP contribution < -0.4 is 5.32 Å². The van der Waals surface area contributed by atoms with E-state index < -0.39 is 0 Å². The monoisotopic (exact) mass is 307 g/mol. The fourth-order valence-corrected chi connectivity index (χ4v) is 2.94. The third kappa shape index (κ3) is 2.92. The van der Waals surface area contributed by atoms with Crippen LogP contribution in [0.3, 0.4) is 0 Å². The maximum atomic E-state index is 12.4. The summed E-state index contributed by atoms with van der Waals surface area (Å²) in [7, 11) is 0. The van der Waals surface area contributed by atoms with Crippen LogP contribution in [-0.4, -0.2) is 10.5 Å². The van der Waals surface area contributed by atoms with Crippen LogP contribution in [0.4, 0.5) is 5.69 Å². The van der Waals surface area contributed by atoms with Crippen molar-refractivity contribution in [2.45, 2.75) is 6.42 Å². The lowest BCUT2D eigenvalue weighted by Crippen LogP contribution is -2.12. The van der Waals surface area contributed by atoms with Crippen molar-refractivity contribution in [1.29, 1.82) is 5.26 Å². The van der Waals surface area contributed by atoms with E-state index in [2.05, 4.69) is 11.4 Å². The molecule has 0 bridgehead atoms. The molecule has 2 aromatic heterocycles. The zero-order chi connectivity index (χ0) is 15.4. The summed E-state index contributed by atoms with van der Waals surface area (Å²) in [5.41, 5.74) is 2.52. The molecule has 1 aromatic carbocycles. The van der Waals surface area contributed by atoms with Crippen molar-refractivity contribution >= 4 is 22.9 Å². The van der Waals surface area contributed by atoms with Crippen molar-refractivity contribution in [3.63, 3.8) is 0 Å². The number of amides is 1. The highest BCUT2D eigenvalue weighted by Crippen LogP contribution is 2.23. The topological polar surface area (TPSA) is 57.8 Å². The number of carbonyl (C=O) groups excluding carboxylic acids is 1. The van der Waals surface area contributed by atoms with Gasteiger partial charge in [-0.3, -0.25) is 4.79 Å². The summed E-state index contributed by atoms with van der Waals surface area (Å²) < 4.78 is 1.92. The van der Waals surface area contributed by atoms with E-state index in [-0.39, 0.29) is 5.91 Å². The molecule has 1 N–H and O–H groups in total. The second-order valence-electron chi connectivity index (χ2n) is 4.71. The Hall–Kier alpha value is -2.84. The van der Waals surface area contributed by atoms with Gasteiger partial charge in [-0.2, -0.15) is 5.26 Å². The maximum absolute atomic E-state index is 12.4. The Labute approximate surface area is 132 Å². The van der Waals surface area contributed by atoms with Crippen LogP contribution in [0.25, 0.3) is 5.69 Å². The SMILES string of the molecule is N#CCc1ccc(NC(=O)c2sccc2-n2cccc2)cc1. The Balaban J connectivity index is 1.78. The van der Waals surface area contributed by atoms with E-state index in [1.165, 1.54) is 11.3 Å². The minimum atomic E-state index is -0.133. The lowest BCUT2D eigenvalue weighted by atomic mass is 10.1. The molecular formula is C17H13N3OS. The summed E-state index contributed by atoms with van der Waals surface area (Å²) in [5.74, 6) is -0.133. The van der Waals surface area contributed by atoms with Crippen molar-refractivity contribution in [2.75, 3.05) is 5.32 Å². The number of hydrogen-bond acceptors (Lipinski definition) is 3. The summed E-state index contributed by atoms with van der Waals surface area (Å²) >= 11 is 1.41. The van der Waals surface area contributed by atoms with Gasteiger partial charge >= 0.3 is 0 Å². The number of aromatic nitrogens is 1. The number of nitrogens with one attached hydrogen (secondary N) is 1. The first kappa shape index (κ1) is 14.1. The van der Waals surface area contributed by atoms with Crippen LogP contribution in [0.5, 0.6) is 0 Å². The smallest absolute Gasteiger partial charge is 0.267 e. The number of rotatable bonds is 4. The second-order valence-corrected chi connectivity index (χ2v) is 5.63. The van der Waals surface area contributed by atoms with Crippen LogP contribution in [0, 0.1) is 11.3 Å². The molecule has 0 unspecified atom stereocenters. The van der Waals surface area contributed by atoms with Crippen molar-refractivity contribution in [3.05, 3.63) is 70.7 Å². The number of nitrogens with zero attached hydrogens (tertiary/aromatic N) is 2. The predicted molar refractivity (Wildman–Crippen MR) is 87.4 cm³/mol. The molecule has 0 aliphatic heterocycles. The average molecular weight is 307 g/mol. The number of carbonyl (C=O) groups is 1. The molecule has 0 spiro atoms. The van der Waals surface area contributed by atoms with Gasteiger partial charge in [0.15, 0.2) is 0 Å². The summed E-state index contributed by atoms with van der Waals surface area (Å²) in [5, 5.41) is 13.5. The van der Waals surface area contributed by atoms with E-state index >= 15 is 0 Å². The molecule has 2 heterocycles. The lowest BCUT2D eigenvalue weighted by molar-refractivity contribution is 0.103. The van der Waals surface area contributed by atoms with E-state index in [1.807, 2.05) is 64.8 Å². The molecule has 3 rings (SSSR count). The molecule has 0 aliphatic rings. The van der Waals surface area contributed by atoms with E-state index in [4.69, 9.17) is 5.26 Å². The molecule has 3 aromatic rings. The Morgan fingerprint density at radius 1 is 1.18 bits per heavy atom. The van der Waals surface area contributed by atoms with Gasteiger partial charge in [0, 0.05) is 18.1 Å². The van der Waals surface area contributed by atoms with Crippen LogP contribution in [0.15, 0.2) is 60.2 Å². The highest BCUT2D eigenvalue weighted by atomic mass is 32.1. The zero-order valence-electron chi connectivity index (χ0n) is 11.7. The molecule has 0 saturated heterocycles. The highest BCUT2D eigenvalue weighted by molar-refractivity contribution is 7.12. The highest BCUT2D eigenvalue weighted by Gasteiger charge is 2.14. The second kappa shape index (κ2) is 6.29. The van der Waals surface area contributed by atoms with Crippen LogP contribution in [0.1, 0.15) is 15.2 Å². The third-order valence-electron chi connectivity index (χ3n) is 3.23. The first-order chi connectivity index (χ1) is 10.8. The number of nitriles is 1. The summed E-state index contributed by atoms with van der Waals surface area (Å²) in [6, 6.07) is 15.2. The van der Waals surface area contributed by atoms with Gasteiger partial charge in [0.05, 0.1) is 18.2 Å². The van der Waals surface area contributed by atoms with Crippen LogP contribution >= 0.6 is 11.3 Å². The van der Waals surface area contributed by atoms with Gasteiger partial charge in [-0.05, 0) is 41.3 Å². The van der Waals surface area contributed by atoms with Gasteiger partial charge in [0.2, 0.25) is 0 Å². The maximum Gasteiger partial charge on any atom is 0.267 e. The Morgan fingerprint density at radius 3 is 2.59 bits per heavy atom. The molecule has 0 fully saturated rings. The molecule has 4 nitrogen and oxygen atoms in total. The molecule has 5 heteroatoms. The fraction of sp³-hybridized carbons (Fsp3) is 0.0588. The molecule has 0 aliphatic carbocycles. The molecular weight excluding hydrogens is 294 g/mol. The van der Waals surface area contributed by atoms with Gasteiger partial charge in [-0.1, -0.05) is 12.1 Å². The standard InChI is InChI=1S/C17H13N3OS/c18-9-7-13-3-5-14(6-4-13)19-17(21)16-15(8-12-22-16)20-10-1-2-11-20/h1-6,8,10-12H,7H2,(H,19,21). The predicted octanol–water partition coefficient (Wildman–Crippen LogP) is 3.86. The Bertz CT molecular complexity index is 810. The first-order valence-electron chi connectivity index (χ1n) is 6.76. The number of anilines is 1. The number of benzene rings is 1. The Morgan fingerprint density at radius 2 is 1.91 bits per heavy atom. The van der Waals surface area contributed by atoms with Gasteiger partial charge in [-0.25, -0.2) is 0 Å². The first-order valence-corrected chi connectivity index (χ1v) is 7.64. The molecule has 0 radical (unpaired) electrons. The van der Waals surface area contributed by atoms with Crippen molar-refractivity contribution in [2.24, 2.45) is 0 Å². The van der Waals surface area contributed by atoms with Gasteiger partial charge in [-0.15, -0.1) is 11.3 Å². The average Bonchev–Trinajstić information content (AvgIpc) is 3.20. The molecule has 0 saturated carbocycles. The largest absolute Gasteiger partial charge is 0.322 e. The van der Waals surface area contributed by atoms with Gasteiger partial charge in [0.25, 0.3) is 5.91 Å². The quantitative estimate of drug-likeness (QED) is 0.795. The normalized spacial score (nSPS) is 10.1. The summed E-state index contributed by atoms with van der Waals surface area (Å²) in [6.07, 6.45) is 4.20. The van der Waals surface area contributed by atoms with Crippen molar-refractivity contribution < 1.29 is 4.79 Å². The zero-order valence-corrected chi connectivity index (χ0v) is 12.5. The van der Waals surface area contributed by atoms with E-state index in [9.17, 15) is 4.79 Å². The molecule has 22 heavy (non-hydrogen) atoms. The van der Waals surface area contributed by atoms with E-state index in [1.54, 1.807) is 0 Å². The molecule has 1 amide bonds. The van der Waals surface area contributed by atoms with Crippen molar-refractivity contribution in [1.82, 2.24) is 4.57 Å². The van der Waals surface area contributed by atoms with Crippen molar-refractivity contribution in [3.8, 4) is 11.8 Å². The van der Waals surface area contributed by atoms with E-state index in [0.717, 1.165) is 16.9 Å². The third-order valence-corrected chi connectivity index (χ3v) is 4.13. The summed E-state index contributed by atoms with van der Waals surface area (Å²) in [6.45, 7) is 0. The van der Waals surface area contributed by atoms with Gasteiger partial charge < -0.3 is 9.88 Å². The fourth-order valence-electron chi connectivity index (χ4n) is 2.16. The van der Waals surface area contributed by atoms with Crippen LogP contribution in [0.2, 0.25) is 0 Å². The van der Waals surface area contributed by atoms with Crippen LogP contribution in [-0.2, 0) is 6.42 Å². The minimum absolute atomic E-state index is 0.133. The number of thiophene rings is 1. The lowest BCUT2D eigenvalue weighted by Gasteiger charge is -2.07. The number of hydrogen-bond donors (Lipinski definition) is 1. The molecule has 108 valence electrons. The Kier molecular flexibility index (Phi) is 4.03. The van der Waals surface area contributed by atoms with E-state index in [0.29, 0.717) is 11.3 Å². The van der Waals surface area contributed by atoms with Gasteiger partial charge in [0.1, 0.15) is 4.88 Å². The minimum Gasteiger partial charge on any atom is -0.322 e. The summed E-state index contributed by atoms with van der Waals surface area (Å²) in [4.78, 5) is 13.1.